The molecule has 0 fully saturated rings. The van der Waals surface area contributed by atoms with Crippen LogP contribution < -0.4 is 10.1 Å². The zero-order valence-corrected chi connectivity index (χ0v) is 15.1. The van der Waals surface area contributed by atoms with E-state index < -0.39 is 29.5 Å². The Morgan fingerprint density at radius 2 is 1.96 bits per heavy atom. The lowest BCUT2D eigenvalue weighted by Gasteiger charge is -2.16. The van der Waals surface area contributed by atoms with Crippen molar-refractivity contribution in [2.24, 2.45) is 0 Å². The molecule has 2 rings (SSSR count). The van der Waals surface area contributed by atoms with Crippen LogP contribution in [0.1, 0.15) is 26.8 Å². The first-order valence-corrected chi connectivity index (χ1v) is 8.19. The summed E-state index contributed by atoms with van der Waals surface area (Å²) < 4.78 is 11.8. The van der Waals surface area contributed by atoms with Gasteiger partial charge in [0, 0.05) is 18.2 Å². The molecule has 1 amide bonds. The molecule has 0 saturated heterocycles. The number of rotatable bonds is 8. The molecule has 1 N–H and O–H groups in total. The van der Waals surface area contributed by atoms with Gasteiger partial charge in [0.25, 0.3) is 5.91 Å². The van der Waals surface area contributed by atoms with Crippen LogP contribution in [0.15, 0.2) is 36.5 Å². The first-order chi connectivity index (χ1) is 12.8. The van der Waals surface area contributed by atoms with Gasteiger partial charge in [-0.2, -0.15) is 5.10 Å². The van der Waals surface area contributed by atoms with Crippen LogP contribution in [0, 0.1) is 10.1 Å². The number of nitrogens with zero attached hydrogens (tertiary/aromatic N) is 3. The van der Waals surface area contributed by atoms with Crippen molar-refractivity contribution in [1.29, 1.82) is 0 Å². The fourth-order valence-corrected chi connectivity index (χ4v) is 2.20. The highest BCUT2D eigenvalue weighted by atomic mass is 16.6. The first-order valence-electron chi connectivity index (χ1n) is 8.19. The molecule has 1 atom stereocenters. The van der Waals surface area contributed by atoms with Crippen molar-refractivity contribution in [1.82, 2.24) is 9.78 Å². The highest BCUT2D eigenvalue weighted by molar-refractivity contribution is 5.94. The van der Waals surface area contributed by atoms with Crippen molar-refractivity contribution < 1.29 is 24.0 Å². The summed E-state index contributed by atoms with van der Waals surface area (Å²) in [5.74, 6) is -0.934. The van der Waals surface area contributed by atoms with Crippen LogP contribution in [0.2, 0.25) is 0 Å². The van der Waals surface area contributed by atoms with Gasteiger partial charge < -0.3 is 14.8 Å². The molecule has 10 heteroatoms. The molecule has 1 aromatic carbocycles. The molecule has 0 bridgehead atoms. The summed E-state index contributed by atoms with van der Waals surface area (Å²) in [4.78, 5) is 34.3. The molecule has 0 aliphatic heterocycles. The second-order valence-corrected chi connectivity index (χ2v) is 5.89. The molecule has 0 aliphatic rings. The number of carbonyl (C=O) groups excluding carboxylic acids is 2. The SMILES string of the molecule is CC(C)n1nccc1NC(=O)[C@H](C)OC(=O)COc1ccccc1[N+](=O)[O-]. The summed E-state index contributed by atoms with van der Waals surface area (Å²) in [5.41, 5.74) is -0.266. The zero-order chi connectivity index (χ0) is 20.0. The van der Waals surface area contributed by atoms with Crippen molar-refractivity contribution in [3.05, 3.63) is 46.6 Å². The third-order valence-corrected chi connectivity index (χ3v) is 3.50. The van der Waals surface area contributed by atoms with Crippen molar-refractivity contribution in [3.63, 3.8) is 0 Å². The normalized spacial score (nSPS) is 11.7. The maximum Gasteiger partial charge on any atom is 0.344 e. The van der Waals surface area contributed by atoms with Gasteiger partial charge in [0.2, 0.25) is 0 Å². The van der Waals surface area contributed by atoms with E-state index in [1.54, 1.807) is 23.0 Å². The summed E-state index contributed by atoms with van der Waals surface area (Å²) in [7, 11) is 0. The average molecular weight is 376 g/mol. The van der Waals surface area contributed by atoms with E-state index in [4.69, 9.17) is 9.47 Å². The Morgan fingerprint density at radius 1 is 1.26 bits per heavy atom. The molecule has 0 unspecified atom stereocenters. The molecule has 1 heterocycles. The zero-order valence-electron chi connectivity index (χ0n) is 15.1. The fourth-order valence-electron chi connectivity index (χ4n) is 2.20. The average Bonchev–Trinajstić information content (AvgIpc) is 3.08. The molecule has 10 nitrogen and oxygen atoms in total. The van der Waals surface area contributed by atoms with E-state index in [1.165, 1.54) is 25.1 Å². The Kier molecular flexibility index (Phi) is 6.47. The molecule has 0 aliphatic carbocycles. The van der Waals surface area contributed by atoms with Gasteiger partial charge in [-0.05, 0) is 26.8 Å². The van der Waals surface area contributed by atoms with E-state index in [1.807, 2.05) is 13.8 Å². The van der Waals surface area contributed by atoms with Gasteiger partial charge in [0.05, 0.1) is 11.1 Å². The number of esters is 1. The van der Waals surface area contributed by atoms with Crippen LogP contribution in [0.4, 0.5) is 11.5 Å². The van der Waals surface area contributed by atoms with Crippen LogP contribution >= 0.6 is 0 Å². The predicted molar refractivity (Wildman–Crippen MR) is 95.4 cm³/mol. The third kappa shape index (κ3) is 5.27. The van der Waals surface area contributed by atoms with Gasteiger partial charge in [0.1, 0.15) is 5.82 Å². The molecule has 1 aromatic heterocycles. The Labute approximate surface area is 155 Å². The summed E-state index contributed by atoms with van der Waals surface area (Å²) in [6.07, 6.45) is 0.467. The molecular formula is C17H20N4O6. The highest BCUT2D eigenvalue weighted by Gasteiger charge is 2.21. The number of anilines is 1. The van der Waals surface area contributed by atoms with Crippen LogP contribution in [0.5, 0.6) is 5.75 Å². The first kappa shape index (κ1) is 19.9. The van der Waals surface area contributed by atoms with Gasteiger partial charge in [0.15, 0.2) is 18.5 Å². The van der Waals surface area contributed by atoms with Crippen LogP contribution in [0.25, 0.3) is 0 Å². The smallest absolute Gasteiger partial charge is 0.344 e. The number of aromatic nitrogens is 2. The summed E-state index contributed by atoms with van der Waals surface area (Å²) in [6.45, 7) is 4.67. The van der Waals surface area contributed by atoms with E-state index in [9.17, 15) is 19.7 Å². The van der Waals surface area contributed by atoms with E-state index in [2.05, 4.69) is 10.4 Å². The van der Waals surface area contributed by atoms with Gasteiger partial charge >= 0.3 is 11.7 Å². The lowest BCUT2D eigenvalue weighted by Crippen LogP contribution is -2.32. The van der Waals surface area contributed by atoms with E-state index >= 15 is 0 Å². The van der Waals surface area contributed by atoms with Gasteiger partial charge in [-0.15, -0.1) is 0 Å². The van der Waals surface area contributed by atoms with Crippen LogP contribution in [-0.2, 0) is 14.3 Å². The molecule has 27 heavy (non-hydrogen) atoms. The Bertz CT molecular complexity index is 832. The fraction of sp³-hybridized carbons (Fsp3) is 0.353. The van der Waals surface area contributed by atoms with Gasteiger partial charge in [-0.1, -0.05) is 12.1 Å². The van der Waals surface area contributed by atoms with Crippen LogP contribution in [-0.4, -0.2) is 39.3 Å². The number of amides is 1. The maximum atomic E-state index is 12.2. The number of hydrogen-bond acceptors (Lipinski definition) is 7. The Hall–Kier alpha value is -3.43. The third-order valence-electron chi connectivity index (χ3n) is 3.50. The topological polar surface area (TPSA) is 126 Å². The number of ether oxygens (including phenoxy) is 2. The monoisotopic (exact) mass is 376 g/mol. The Morgan fingerprint density at radius 3 is 2.63 bits per heavy atom. The number of carbonyl (C=O) groups is 2. The number of para-hydroxylation sites is 2. The van der Waals surface area contributed by atoms with Crippen molar-refractivity contribution in [2.45, 2.75) is 32.9 Å². The van der Waals surface area contributed by atoms with E-state index in [0.29, 0.717) is 5.82 Å². The standard InChI is InChI=1S/C17H20N4O6/c1-11(2)20-15(8-9-18-20)19-17(23)12(3)27-16(22)10-26-14-7-5-4-6-13(14)21(24)25/h4-9,11-12H,10H2,1-3H3,(H,19,23)/t12-/m0/s1. The van der Waals surface area contributed by atoms with Crippen molar-refractivity contribution >= 4 is 23.4 Å². The molecular weight excluding hydrogens is 356 g/mol. The summed E-state index contributed by atoms with van der Waals surface area (Å²) in [6, 6.07) is 7.33. The number of hydrogen-bond donors (Lipinski definition) is 1. The highest BCUT2D eigenvalue weighted by Crippen LogP contribution is 2.25. The number of nitrogens with one attached hydrogen (secondary N) is 1. The largest absolute Gasteiger partial charge is 0.475 e. The molecule has 144 valence electrons. The maximum absolute atomic E-state index is 12.2. The second-order valence-electron chi connectivity index (χ2n) is 5.89. The minimum absolute atomic E-state index is 0.0446. The minimum Gasteiger partial charge on any atom is -0.475 e. The lowest BCUT2D eigenvalue weighted by atomic mass is 10.3. The molecule has 0 spiro atoms. The van der Waals surface area contributed by atoms with Crippen molar-refractivity contribution in [3.8, 4) is 5.75 Å². The molecule has 2 aromatic rings. The number of nitro benzene ring substituents is 1. The van der Waals surface area contributed by atoms with Crippen LogP contribution in [0.3, 0.4) is 0 Å². The summed E-state index contributed by atoms with van der Waals surface area (Å²) >= 11 is 0. The van der Waals surface area contributed by atoms with Gasteiger partial charge in [-0.3, -0.25) is 14.9 Å². The Balaban J connectivity index is 1.89. The van der Waals surface area contributed by atoms with E-state index in [-0.39, 0.29) is 17.5 Å². The lowest BCUT2D eigenvalue weighted by molar-refractivity contribution is -0.385. The second kappa shape index (κ2) is 8.79. The summed E-state index contributed by atoms with van der Waals surface area (Å²) in [5, 5.41) is 17.6. The number of nitro groups is 1. The molecule has 0 radical (unpaired) electrons. The van der Waals surface area contributed by atoms with Crippen molar-refractivity contribution in [2.75, 3.05) is 11.9 Å². The molecule has 0 saturated carbocycles. The number of benzene rings is 1. The minimum atomic E-state index is -1.08. The quantitative estimate of drug-likeness (QED) is 0.426. The predicted octanol–water partition coefficient (Wildman–Crippen LogP) is 2.32. The van der Waals surface area contributed by atoms with E-state index in [0.717, 1.165) is 0 Å². The van der Waals surface area contributed by atoms with Gasteiger partial charge in [-0.25, -0.2) is 9.48 Å².